The van der Waals surface area contributed by atoms with Crippen molar-refractivity contribution >= 4 is 48.9 Å². The Balaban J connectivity index is 1.54. The van der Waals surface area contributed by atoms with Crippen LogP contribution in [0.1, 0.15) is 12.5 Å². The molecule has 2 heterocycles. The van der Waals surface area contributed by atoms with E-state index in [1.54, 1.807) is 19.9 Å². The van der Waals surface area contributed by atoms with Crippen LogP contribution in [-0.2, 0) is 24.8 Å². The van der Waals surface area contributed by atoms with Crippen molar-refractivity contribution in [3.63, 3.8) is 0 Å². The average Bonchev–Trinajstić information content (AvgIpc) is 2.94. The Labute approximate surface area is 193 Å². The van der Waals surface area contributed by atoms with Crippen molar-refractivity contribution < 1.29 is 21.6 Å². The number of aryl methyl sites for hydroxylation is 1. The summed E-state index contributed by atoms with van der Waals surface area (Å²) in [5.74, 6) is -1.38. The van der Waals surface area contributed by atoms with Gasteiger partial charge in [0.25, 0.3) is 0 Å². The highest BCUT2D eigenvalue weighted by atomic mass is 35.5. The van der Waals surface area contributed by atoms with Gasteiger partial charge in [-0.2, -0.15) is 4.31 Å². The molecule has 0 unspecified atom stereocenters. The molecule has 0 saturated carbocycles. The van der Waals surface area contributed by atoms with Crippen LogP contribution >= 0.6 is 11.6 Å². The highest BCUT2D eigenvalue weighted by Gasteiger charge is 2.42. The molecule has 0 bridgehead atoms. The zero-order valence-electron chi connectivity index (χ0n) is 17.7. The zero-order valence-corrected chi connectivity index (χ0v) is 20.1. The molecule has 8 nitrogen and oxygen atoms in total. The summed E-state index contributed by atoms with van der Waals surface area (Å²) in [6.45, 7) is 4.84. The van der Waals surface area contributed by atoms with Gasteiger partial charge >= 0.3 is 0 Å². The first-order chi connectivity index (χ1) is 15.0. The van der Waals surface area contributed by atoms with E-state index in [-0.39, 0.29) is 16.3 Å². The van der Waals surface area contributed by atoms with Crippen molar-refractivity contribution in [2.45, 2.75) is 18.7 Å². The molecule has 11 heteroatoms. The molecule has 2 aliphatic heterocycles. The summed E-state index contributed by atoms with van der Waals surface area (Å²) in [6.07, 6.45) is 0. The third kappa shape index (κ3) is 4.12. The second-order valence-corrected chi connectivity index (χ2v) is 12.3. The van der Waals surface area contributed by atoms with E-state index in [2.05, 4.69) is 4.90 Å². The minimum absolute atomic E-state index is 0.106. The number of hydrogen-bond donors (Lipinski definition) is 0. The van der Waals surface area contributed by atoms with Gasteiger partial charge in [-0.25, -0.2) is 21.1 Å². The van der Waals surface area contributed by atoms with E-state index >= 15 is 0 Å². The summed E-state index contributed by atoms with van der Waals surface area (Å²) in [5.41, 5.74) is 1.50. The van der Waals surface area contributed by atoms with Crippen LogP contribution in [0.15, 0.2) is 47.4 Å². The molecule has 2 aromatic rings. The van der Waals surface area contributed by atoms with Gasteiger partial charge in [0.05, 0.1) is 22.3 Å². The Hall–Kier alpha value is -2.14. The molecule has 0 N–H and O–H groups in total. The number of carbonyl (C=O) groups excluding carboxylic acids is 1. The topological polar surface area (TPSA) is 95.1 Å². The molecule has 1 atom stereocenters. The summed E-state index contributed by atoms with van der Waals surface area (Å²) < 4.78 is 53.5. The highest BCUT2D eigenvalue weighted by Crippen LogP contribution is 2.32. The number of benzene rings is 2. The first-order valence-corrected chi connectivity index (χ1v) is 13.6. The SMILES string of the molecule is Cc1cc(N2C(=O)[C@H](C)CS2(=O)=O)ccc1S(=O)(=O)N1CCN(c2cccc(Cl)c2)CC1. The van der Waals surface area contributed by atoms with E-state index in [1.165, 1.54) is 22.5 Å². The second kappa shape index (κ2) is 8.33. The maximum atomic E-state index is 13.3. The highest BCUT2D eigenvalue weighted by molar-refractivity contribution is 7.94. The van der Waals surface area contributed by atoms with Crippen LogP contribution in [0, 0.1) is 12.8 Å². The Morgan fingerprint density at radius 1 is 1.00 bits per heavy atom. The van der Waals surface area contributed by atoms with Gasteiger partial charge in [-0.15, -0.1) is 0 Å². The molecule has 2 aliphatic rings. The van der Waals surface area contributed by atoms with Crippen molar-refractivity contribution in [3.05, 3.63) is 53.1 Å². The molecule has 2 fully saturated rings. The quantitative estimate of drug-likeness (QED) is 0.644. The number of halogens is 1. The Morgan fingerprint density at radius 2 is 1.69 bits per heavy atom. The fourth-order valence-corrected chi connectivity index (χ4v) is 7.76. The molecule has 1 amide bonds. The molecule has 0 aliphatic carbocycles. The fraction of sp³-hybridized carbons (Fsp3) is 0.381. The molecule has 172 valence electrons. The monoisotopic (exact) mass is 497 g/mol. The first kappa shape index (κ1) is 23.0. The second-order valence-electron chi connectivity index (χ2n) is 8.10. The van der Waals surface area contributed by atoms with Crippen LogP contribution in [0.25, 0.3) is 0 Å². The Morgan fingerprint density at radius 3 is 2.25 bits per heavy atom. The summed E-state index contributed by atoms with van der Waals surface area (Å²) in [5, 5.41) is 0.626. The fourth-order valence-electron chi connectivity index (χ4n) is 4.13. The molecular weight excluding hydrogens is 474 g/mol. The van der Waals surface area contributed by atoms with Gasteiger partial charge in [0, 0.05) is 36.9 Å². The molecular formula is C21H24ClN3O5S2. The molecule has 32 heavy (non-hydrogen) atoms. The number of rotatable bonds is 4. The molecule has 4 rings (SSSR count). The third-order valence-electron chi connectivity index (χ3n) is 5.78. The lowest BCUT2D eigenvalue weighted by Gasteiger charge is -2.35. The number of carbonyl (C=O) groups is 1. The average molecular weight is 498 g/mol. The smallest absolute Gasteiger partial charge is 0.244 e. The summed E-state index contributed by atoms with van der Waals surface area (Å²) in [4.78, 5) is 14.5. The summed E-state index contributed by atoms with van der Waals surface area (Å²) >= 11 is 6.06. The normalized spacial score (nSPS) is 21.8. The van der Waals surface area contributed by atoms with Gasteiger partial charge in [0.2, 0.25) is 26.0 Å². The largest absolute Gasteiger partial charge is 0.369 e. The van der Waals surface area contributed by atoms with E-state index in [9.17, 15) is 21.6 Å². The molecule has 0 radical (unpaired) electrons. The van der Waals surface area contributed by atoms with Gasteiger partial charge < -0.3 is 4.90 Å². The number of anilines is 2. The predicted molar refractivity (Wildman–Crippen MR) is 124 cm³/mol. The summed E-state index contributed by atoms with van der Waals surface area (Å²) in [7, 11) is -7.52. The number of hydrogen-bond acceptors (Lipinski definition) is 6. The maximum Gasteiger partial charge on any atom is 0.244 e. The minimum atomic E-state index is -3.77. The van der Waals surface area contributed by atoms with Crippen molar-refractivity contribution in [1.29, 1.82) is 0 Å². The van der Waals surface area contributed by atoms with Crippen molar-refractivity contribution in [1.82, 2.24) is 4.31 Å². The first-order valence-electron chi connectivity index (χ1n) is 10.2. The zero-order chi connectivity index (χ0) is 23.3. The van der Waals surface area contributed by atoms with Gasteiger partial charge in [-0.05, 0) is 48.9 Å². The number of sulfonamides is 2. The van der Waals surface area contributed by atoms with Crippen molar-refractivity contribution in [2.24, 2.45) is 5.92 Å². The van der Waals surface area contributed by atoms with Crippen LogP contribution in [0.5, 0.6) is 0 Å². The molecule has 2 aromatic carbocycles. The van der Waals surface area contributed by atoms with Gasteiger partial charge in [0.15, 0.2) is 0 Å². The standard InChI is InChI=1S/C21H24ClN3O5S2/c1-15-12-19(25-21(26)16(2)14-31(25,27)28)6-7-20(15)32(29,30)24-10-8-23(9-11-24)18-5-3-4-17(22)13-18/h3-7,12-13,16H,8-11,14H2,1-2H3/t16-/m1/s1. The minimum Gasteiger partial charge on any atom is -0.369 e. The van der Waals surface area contributed by atoms with Crippen LogP contribution in [0.4, 0.5) is 11.4 Å². The van der Waals surface area contributed by atoms with Crippen LogP contribution in [0.2, 0.25) is 5.02 Å². The maximum absolute atomic E-state index is 13.3. The van der Waals surface area contributed by atoms with Gasteiger partial charge in [-0.3, -0.25) is 4.79 Å². The van der Waals surface area contributed by atoms with Gasteiger partial charge in [0.1, 0.15) is 0 Å². The predicted octanol–water partition coefficient (Wildman–Crippen LogP) is 2.47. The van der Waals surface area contributed by atoms with E-state index in [0.717, 1.165) is 9.99 Å². The van der Waals surface area contributed by atoms with Crippen molar-refractivity contribution in [3.8, 4) is 0 Å². The summed E-state index contributed by atoms with van der Waals surface area (Å²) in [6, 6.07) is 11.7. The van der Waals surface area contributed by atoms with Gasteiger partial charge in [-0.1, -0.05) is 24.6 Å². The van der Waals surface area contributed by atoms with Crippen molar-refractivity contribution in [2.75, 3.05) is 41.1 Å². The lowest BCUT2D eigenvalue weighted by molar-refractivity contribution is -0.119. The molecule has 2 saturated heterocycles. The van der Waals surface area contributed by atoms with E-state index in [1.807, 2.05) is 18.2 Å². The third-order valence-corrected chi connectivity index (χ3v) is 9.95. The van der Waals surface area contributed by atoms with E-state index in [4.69, 9.17) is 11.6 Å². The lowest BCUT2D eigenvalue weighted by atomic mass is 10.2. The number of nitrogens with zero attached hydrogens (tertiary/aromatic N) is 3. The Bertz CT molecular complexity index is 1270. The molecule has 0 spiro atoms. The molecule has 0 aromatic heterocycles. The van der Waals surface area contributed by atoms with Crippen LogP contribution in [-0.4, -0.2) is 59.0 Å². The lowest BCUT2D eigenvalue weighted by Crippen LogP contribution is -2.48. The number of piperazine rings is 1. The number of amides is 1. The van der Waals surface area contributed by atoms with Crippen LogP contribution in [0.3, 0.4) is 0 Å². The van der Waals surface area contributed by atoms with E-state index in [0.29, 0.717) is 36.8 Å². The van der Waals surface area contributed by atoms with E-state index < -0.39 is 31.9 Å². The van der Waals surface area contributed by atoms with Crippen LogP contribution < -0.4 is 9.21 Å². The Kier molecular flexibility index (Phi) is 6.00.